The summed E-state index contributed by atoms with van der Waals surface area (Å²) in [7, 11) is 1.69. The van der Waals surface area contributed by atoms with Gasteiger partial charge in [-0.1, -0.05) is 17.8 Å². The van der Waals surface area contributed by atoms with Crippen LogP contribution in [0.1, 0.15) is 32.1 Å². The lowest BCUT2D eigenvalue weighted by atomic mass is 10.1. The molecular formula is C14H17N3O3S2. The summed E-state index contributed by atoms with van der Waals surface area (Å²) in [5.41, 5.74) is 0.869. The van der Waals surface area contributed by atoms with Crippen LogP contribution in [0.15, 0.2) is 12.1 Å². The Labute approximate surface area is 136 Å². The number of aliphatic carboxylic acids is 1. The van der Waals surface area contributed by atoms with Crippen molar-refractivity contribution in [2.24, 2.45) is 0 Å². The van der Waals surface area contributed by atoms with Gasteiger partial charge in [0.25, 0.3) is 0 Å². The minimum absolute atomic E-state index is 0.0266. The van der Waals surface area contributed by atoms with Crippen molar-refractivity contribution in [1.82, 2.24) is 9.97 Å². The topological polar surface area (TPSA) is 86.3 Å². The quantitative estimate of drug-likeness (QED) is 0.597. The number of nitrogens with zero attached hydrogens (tertiary/aromatic N) is 2. The number of carbonyl (C=O) groups is 2. The number of nitrogens with one attached hydrogen (secondary N) is 1. The Bertz CT molecular complexity index is 738. The fourth-order valence-electron chi connectivity index (χ4n) is 2.04. The molecule has 0 saturated heterocycles. The van der Waals surface area contributed by atoms with Crippen molar-refractivity contribution in [2.75, 3.05) is 11.9 Å². The maximum absolute atomic E-state index is 12.1. The van der Waals surface area contributed by atoms with Crippen molar-refractivity contribution in [2.45, 2.75) is 32.1 Å². The number of amides is 1. The summed E-state index contributed by atoms with van der Waals surface area (Å²) in [6.07, 6.45) is 2.56. The third-order valence-corrected chi connectivity index (χ3v) is 4.41. The molecule has 6 nitrogen and oxygen atoms in total. The van der Waals surface area contributed by atoms with Gasteiger partial charge in [-0.3, -0.25) is 14.5 Å². The van der Waals surface area contributed by atoms with Crippen LogP contribution in [0.3, 0.4) is 0 Å². The first-order chi connectivity index (χ1) is 10.5. The zero-order valence-electron chi connectivity index (χ0n) is 12.2. The van der Waals surface area contributed by atoms with Crippen LogP contribution in [-0.4, -0.2) is 34.0 Å². The van der Waals surface area contributed by atoms with E-state index in [1.54, 1.807) is 13.1 Å². The number of hydrogen-bond donors (Lipinski definition) is 2. The van der Waals surface area contributed by atoms with Gasteiger partial charge in [0.05, 0.1) is 5.52 Å². The zero-order valence-corrected chi connectivity index (χ0v) is 13.8. The molecule has 0 aliphatic carbocycles. The van der Waals surface area contributed by atoms with Gasteiger partial charge >= 0.3 is 5.97 Å². The molecule has 0 fully saturated rings. The number of carbonyl (C=O) groups excluding carboxylic acids is 1. The van der Waals surface area contributed by atoms with Crippen LogP contribution in [0, 0.1) is 3.95 Å². The lowest BCUT2D eigenvalue weighted by Gasteiger charge is -2.16. The normalized spacial score (nSPS) is 10.8. The smallest absolute Gasteiger partial charge is 0.303 e. The number of fused-ring (bicyclic) bond motifs is 1. The SMILES string of the molecule is CN(C(=O)CCCCCC(=O)O)c1ccc2[nH]c(=S)sc2n1. The molecule has 2 rings (SSSR count). The van der Waals surface area contributed by atoms with Crippen LogP contribution < -0.4 is 4.90 Å². The molecule has 2 aromatic rings. The van der Waals surface area contributed by atoms with Gasteiger partial charge in [-0.15, -0.1) is 0 Å². The number of unbranched alkanes of at least 4 members (excludes halogenated alkanes) is 2. The number of aromatic nitrogens is 2. The van der Waals surface area contributed by atoms with Crippen LogP contribution in [0.4, 0.5) is 5.82 Å². The summed E-state index contributed by atoms with van der Waals surface area (Å²) >= 11 is 6.45. The summed E-state index contributed by atoms with van der Waals surface area (Å²) in [6.45, 7) is 0. The van der Waals surface area contributed by atoms with E-state index in [0.29, 0.717) is 29.0 Å². The Kier molecular flexibility index (Phi) is 5.62. The van der Waals surface area contributed by atoms with Gasteiger partial charge in [0.15, 0.2) is 3.95 Å². The molecule has 2 aromatic heterocycles. The number of aromatic amines is 1. The van der Waals surface area contributed by atoms with Crippen molar-refractivity contribution in [3.63, 3.8) is 0 Å². The molecule has 8 heteroatoms. The van der Waals surface area contributed by atoms with E-state index in [0.717, 1.165) is 16.8 Å². The van der Waals surface area contributed by atoms with Crippen LogP contribution in [0.25, 0.3) is 10.3 Å². The summed E-state index contributed by atoms with van der Waals surface area (Å²) in [5.74, 6) is -0.232. The molecule has 0 aliphatic heterocycles. The maximum Gasteiger partial charge on any atom is 0.303 e. The molecule has 0 bridgehead atoms. The van der Waals surface area contributed by atoms with E-state index in [2.05, 4.69) is 9.97 Å². The van der Waals surface area contributed by atoms with Crippen molar-refractivity contribution in [3.05, 3.63) is 16.1 Å². The lowest BCUT2D eigenvalue weighted by molar-refractivity contribution is -0.137. The van der Waals surface area contributed by atoms with Gasteiger partial charge in [-0.25, -0.2) is 4.98 Å². The second-order valence-corrected chi connectivity index (χ2v) is 6.61. The largest absolute Gasteiger partial charge is 0.481 e. The molecule has 0 aromatic carbocycles. The van der Waals surface area contributed by atoms with E-state index in [1.807, 2.05) is 6.07 Å². The molecule has 118 valence electrons. The minimum Gasteiger partial charge on any atom is -0.481 e. The van der Waals surface area contributed by atoms with E-state index < -0.39 is 5.97 Å². The molecule has 2 N–H and O–H groups in total. The highest BCUT2D eigenvalue weighted by Gasteiger charge is 2.13. The molecule has 22 heavy (non-hydrogen) atoms. The monoisotopic (exact) mass is 339 g/mol. The predicted molar refractivity (Wildman–Crippen MR) is 88.9 cm³/mol. The number of H-pyrrole nitrogens is 1. The van der Waals surface area contributed by atoms with Gasteiger partial charge < -0.3 is 10.1 Å². The minimum atomic E-state index is -0.796. The second kappa shape index (κ2) is 7.46. The van der Waals surface area contributed by atoms with Gasteiger partial charge in [0.2, 0.25) is 5.91 Å². The average molecular weight is 339 g/mol. The van der Waals surface area contributed by atoms with Gasteiger partial charge in [-0.05, 0) is 37.2 Å². The van der Waals surface area contributed by atoms with E-state index >= 15 is 0 Å². The molecule has 0 atom stereocenters. The Morgan fingerprint density at radius 2 is 2.05 bits per heavy atom. The van der Waals surface area contributed by atoms with Gasteiger partial charge in [0.1, 0.15) is 10.6 Å². The second-order valence-electron chi connectivity index (χ2n) is 4.94. The van der Waals surface area contributed by atoms with Crippen LogP contribution in [0.2, 0.25) is 0 Å². The molecule has 0 radical (unpaired) electrons. The number of thiazole rings is 1. The van der Waals surface area contributed by atoms with Gasteiger partial charge in [0, 0.05) is 19.9 Å². The third kappa shape index (κ3) is 4.35. The Balaban J connectivity index is 1.91. The lowest BCUT2D eigenvalue weighted by Crippen LogP contribution is -2.26. The molecule has 0 spiro atoms. The number of carboxylic acids is 1. The number of pyridine rings is 1. The molecule has 0 aliphatic rings. The molecular weight excluding hydrogens is 322 g/mol. The number of rotatable bonds is 7. The fraction of sp³-hybridized carbons (Fsp3) is 0.429. The molecule has 0 saturated carbocycles. The highest BCUT2D eigenvalue weighted by molar-refractivity contribution is 7.73. The number of carboxylic acid groups (broad SMARTS) is 1. The van der Waals surface area contributed by atoms with Crippen molar-refractivity contribution < 1.29 is 14.7 Å². The average Bonchev–Trinajstić information content (AvgIpc) is 2.84. The maximum atomic E-state index is 12.1. The highest BCUT2D eigenvalue weighted by atomic mass is 32.1. The molecule has 0 unspecified atom stereocenters. The molecule has 2 heterocycles. The highest BCUT2D eigenvalue weighted by Crippen LogP contribution is 2.21. The fourth-order valence-corrected chi connectivity index (χ4v) is 3.09. The van der Waals surface area contributed by atoms with E-state index in [-0.39, 0.29) is 12.3 Å². The van der Waals surface area contributed by atoms with Gasteiger partial charge in [-0.2, -0.15) is 0 Å². The van der Waals surface area contributed by atoms with E-state index in [1.165, 1.54) is 16.2 Å². The summed E-state index contributed by atoms with van der Waals surface area (Å²) in [6, 6.07) is 3.64. The summed E-state index contributed by atoms with van der Waals surface area (Å²) in [5, 5.41) is 8.55. The standard InChI is InChI=1S/C14H17N3O3S2/c1-17(11(18)5-3-2-4-6-12(19)20)10-8-7-9-13(16-10)22-14(21)15-9/h7-8H,2-6H2,1H3,(H,15,21)(H,19,20). The van der Waals surface area contributed by atoms with Crippen molar-refractivity contribution in [1.29, 1.82) is 0 Å². The summed E-state index contributed by atoms with van der Waals surface area (Å²) < 4.78 is 0.659. The summed E-state index contributed by atoms with van der Waals surface area (Å²) in [4.78, 5) is 32.3. The molecule has 1 amide bonds. The Hall–Kier alpha value is -1.80. The third-order valence-electron chi connectivity index (χ3n) is 3.27. The number of anilines is 1. The number of hydrogen-bond acceptors (Lipinski definition) is 5. The first-order valence-electron chi connectivity index (χ1n) is 6.95. The van der Waals surface area contributed by atoms with Crippen LogP contribution in [-0.2, 0) is 9.59 Å². The predicted octanol–water partition coefficient (Wildman–Crippen LogP) is 3.35. The first kappa shape index (κ1) is 16.6. The van der Waals surface area contributed by atoms with Crippen LogP contribution >= 0.6 is 23.6 Å². The van der Waals surface area contributed by atoms with Crippen LogP contribution in [0.5, 0.6) is 0 Å². The Morgan fingerprint density at radius 1 is 1.32 bits per heavy atom. The van der Waals surface area contributed by atoms with E-state index in [9.17, 15) is 9.59 Å². The van der Waals surface area contributed by atoms with Crippen molar-refractivity contribution >= 4 is 51.6 Å². The first-order valence-corrected chi connectivity index (χ1v) is 8.18. The zero-order chi connectivity index (χ0) is 16.1. The van der Waals surface area contributed by atoms with Crippen molar-refractivity contribution in [3.8, 4) is 0 Å². The Morgan fingerprint density at radius 3 is 2.77 bits per heavy atom. The van der Waals surface area contributed by atoms with E-state index in [4.69, 9.17) is 17.3 Å².